The molecule has 2 aromatic carbocycles. The summed E-state index contributed by atoms with van der Waals surface area (Å²) >= 11 is 0. The molecule has 0 amide bonds. The summed E-state index contributed by atoms with van der Waals surface area (Å²) in [6, 6.07) is 11.2. The van der Waals surface area contributed by atoms with E-state index in [1.165, 1.54) is 6.07 Å². The lowest BCUT2D eigenvalue weighted by atomic mass is 9.73. The van der Waals surface area contributed by atoms with E-state index < -0.39 is 15.6 Å². The molecule has 2 fully saturated rings. The van der Waals surface area contributed by atoms with Crippen LogP contribution in [0.25, 0.3) is 22.4 Å². The van der Waals surface area contributed by atoms with E-state index in [2.05, 4.69) is 26.4 Å². The number of benzene rings is 2. The monoisotopic (exact) mass is 517 g/mol. The molecule has 10 heteroatoms. The van der Waals surface area contributed by atoms with Crippen molar-refractivity contribution in [2.24, 2.45) is 11.8 Å². The van der Waals surface area contributed by atoms with E-state index in [4.69, 9.17) is 0 Å². The van der Waals surface area contributed by atoms with Crippen LogP contribution in [0.2, 0.25) is 0 Å². The minimum absolute atomic E-state index is 0.211. The zero-order valence-corrected chi connectivity index (χ0v) is 20.4. The number of hydrogen-bond acceptors (Lipinski definition) is 5. The molecular weight excluding hydrogens is 491 g/mol. The molecule has 6 rings (SSSR count). The average Bonchev–Trinajstić information content (AvgIpc) is 3.51. The summed E-state index contributed by atoms with van der Waals surface area (Å²) in [4.78, 5) is 7.97. The lowest BCUT2D eigenvalue weighted by molar-refractivity contribution is -0.0500. The minimum Gasteiger partial charge on any atom is -0.376 e. The van der Waals surface area contributed by atoms with Crippen molar-refractivity contribution < 1.29 is 25.8 Å². The molecule has 36 heavy (non-hydrogen) atoms. The number of aromatic amines is 1. The molecule has 2 heterocycles. The van der Waals surface area contributed by atoms with Crippen molar-refractivity contribution in [2.75, 3.05) is 6.54 Å². The minimum atomic E-state index is -5.72. The first-order valence-electron chi connectivity index (χ1n) is 12.2. The van der Waals surface area contributed by atoms with Crippen LogP contribution in [0.4, 0.5) is 13.2 Å². The van der Waals surface area contributed by atoms with E-state index in [-0.39, 0.29) is 17.7 Å². The van der Waals surface area contributed by atoms with E-state index in [1.54, 1.807) is 6.07 Å². The molecule has 3 aromatic rings. The van der Waals surface area contributed by atoms with Crippen molar-refractivity contribution in [3.8, 4) is 28.1 Å². The maximum atomic E-state index is 12.9. The summed E-state index contributed by atoms with van der Waals surface area (Å²) in [6.45, 7) is 3.19. The number of fused-ring (bicyclic) bond motifs is 3. The van der Waals surface area contributed by atoms with Gasteiger partial charge < -0.3 is 14.5 Å². The molecule has 0 spiro atoms. The second-order valence-corrected chi connectivity index (χ2v) is 11.7. The van der Waals surface area contributed by atoms with Crippen molar-refractivity contribution in [1.29, 1.82) is 0 Å². The molecule has 4 unspecified atom stereocenters. The Kier molecular flexibility index (Phi) is 5.46. The number of nitrogens with zero attached hydrogens (tertiary/aromatic N) is 1. The highest BCUT2D eigenvalue weighted by molar-refractivity contribution is 7.88. The smallest absolute Gasteiger partial charge is 0.376 e. The fraction of sp³-hybridized carbons (Fsp3) is 0.423. The Morgan fingerprint density at radius 2 is 1.81 bits per heavy atom. The first-order chi connectivity index (χ1) is 17.1. The highest BCUT2D eigenvalue weighted by atomic mass is 32.2. The van der Waals surface area contributed by atoms with Gasteiger partial charge in [0.2, 0.25) is 0 Å². The van der Waals surface area contributed by atoms with Gasteiger partial charge in [0.1, 0.15) is 11.6 Å². The highest BCUT2D eigenvalue weighted by Gasteiger charge is 2.50. The third-order valence-electron chi connectivity index (χ3n) is 7.83. The average molecular weight is 518 g/mol. The van der Waals surface area contributed by atoms with Gasteiger partial charge >= 0.3 is 15.6 Å². The number of alkyl halides is 3. The Hall–Kier alpha value is -2.85. The van der Waals surface area contributed by atoms with Gasteiger partial charge in [-0.25, -0.2) is 4.98 Å². The summed E-state index contributed by atoms with van der Waals surface area (Å²) in [6.07, 6.45) is 5.31. The van der Waals surface area contributed by atoms with Gasteiger partial charge in [-0.2, -0.15) is 21.6 Å². The number of hydrogen-bond donors (Lipinski definition) is 2. The molecule has 6 nitrogen and oxygen atoms in total. The maximum Gasteiger partial charge on any atom is 0.534 e. The first-order valence-corrected chi connectivity index (χ1v) is 13.6. The zero-order chi connectivity index (χ0) is 25.2. The van der Waals surface area contributed by atoms with Crippen LogP contribution in [-0.2, 0) is 16.5 Å². The molecule has 1 aliphatic heterocycles. The summed E-state index contributed by atoms with van der Waals surface area (Å²) in [5, 5.41) is 3.48. The van der Waals surface area contributed by atoms with Crippen molar-refractivity contribution >= 4 is 10.1 Å². The van der Waals surface area contributed by atoms with Crippen LogP contribution in [-0.4, -0.2) is 30.4 Å². The number of aromatic nitrogens is 2. The quantitative estimate of drug-likeness (QED) is 0.336. The number of imidazole rings is 1. The van der Waals surface area contributed by atoms with Crippen LogP contribution in [0.1, 0.15) is 55.1 Å². The van der Waals surface area contributed by atoms with Crippen LogP contribution in [0.3, 0.4) is 0 Å². The SMILES string of the molecule is CC1CNC(c2ncc(-c3ccc(-c4ccc(OS(=O)(=O)C(F)(F)F)c5c4C4CCC4C5)cc3)[nH]2)C1. The molecule has 1 saturated carbocycles. The zero-order valence-electron chi connectivity index (χ0n) is 19.6. The summed E-state index contributed by atoms with van der Waals surface area (Å²) < 4.78 is 66.7. The van der Waals surface area contributed by atoms with E-state index in [9.17, 15) is 21.6 Å². The second kappa shape index (κ2) is 8.34. The van der Waals surface area contributed by atoms with Gasteiger partial charge in [0.25, 0.3) is 0 Å². The van der Waals surface area contributed by atoms with Gasteiger partial charge in [-0.05, 0) is 78.3 Å². The number of rotatable bonds is 5. The Balaban J connectivity index is 1.30. The fourth-order valence-corrected chi connectivity index (χ4v) is 6.33. The Morgan fingerprint density at radius 1 is 1.06 bits per heavy atom. The third-order valence-corrected chi connectivity index (χ3v) is 8.80. The maximum absolute atomic E-state index is 12.9. The van der Waals surface area contributed by atoms with E-state index >= 15 is 0 Å². The van der Waals surface area contributed by atoms with E-state index in [0.29, 0.717) is 23.8 Å². The van der Waals surface area contributed by atoms with Gasteiger partial charge in [-0.15, -0.1) is 0 Å². The van der Waals surface area contributed by atoms with Crippen LogP contribution in [0, 0.1) is 11.8 Å². The predicted octanol–water partition coefficient (Wildman–Crippen LogP) is 5.69. The van der Waals surface area contributed by atoms with E-state index in [1.807, 2.05) is 30.5 Å². The normalized spacial score (nSPS) is 25.3. The highest BCUT2D eigenvalue weighted by Crippen LogP contribution is 2.56. The molecule has 190 valence electrons. The standard InChI is InChI=1S/C26H26F3N3O3S/c1-14-10-21(30-12-14)25-31-13-22(32-25)16-4-2-15(3-5-16)18-8-9-23(35-36(33,34)26(27,28)29)20-11-17-6-7-19(17)24(18)20/h2-5,8-9,13-14,17,19,21,30H,6-7,10-12H2,1H3,(H,31,32). The molecule has 0 bridgehead atoms. The van der Waals surface area contributed by atoms with Crippen LogP contribution in [0.15, 0.2) is 42.6 Å². The first kappa shape index (κ1) is 23.5. The lowest BCUT2D eigenvalue weighted by Gasteiger charge is -2.31. The third kappa shape index (κ3) is 3.91. The Morgan fingerprint density at radius 3 is 2.44 bits per heavy atom. The second-order valence-electron chi connectivity index (χ2n) is 10.2. The molecule has 2 aliphatic carbocycles. The number of nitrogens with one attached hydrogen (secondary N) is 2. The van der Waals surface area contributed by atoms with Gasteiger partial charge in [0.15, 0.2) is 0 Å². The Labute approximate surface area is 207 Å². The van der Waals surface area contributed by atoms with Crippen molar-refractivity contribution in [2.45, 2.75) is 50.1 Å². The molecule has 1 aromatic heterocycles. The van der Waals surface area contributed by atoms with Gasteiger partial charge in [0.05, 0.1) is 17.9 Å². The van der Waals surface area contributed by atoms with Gasteiger partial charge in [-0.3, -0.25) is 0 Å². The number of H-pyrrole nitrogens is 1. The summed E-state index contributed by atoms with van der Waals surface area (Å²) in [5.74, 6) is 1.86. The molecular formula is C26H26F3N3O3S. The molecule has 1 saturated heterocycles. The van der Waals surface area contributed by atoms with Crippen molar-refractivity contribution in [3.05, 3.63) is 59.5 Å². The Bertz CT molecular complexity index is 1420. The van der Waals surface area contributed by atoms with Gasteiger partial charge in [-0.1, -0.05) is 37.3 Å². The summed E-state index contributed by atoms with van der Waals surface area (Å²) in [5.41, 5.74) is -0.229. The lowest BCUT2D eigenvalue weighted by Crippen LogP contribution is -2.28. The fourth-order valence-electron chi connectivity index (χ4n) is 5.84. The summed E-state index contributed by atoms with van der Waals surface area (Å²) in [7, 11) is -5.72. The van der Waals surface area contributed by atoms with Crippen LogP contribution < -0.4 is 9.50 Å². The molecule has 3 aliphatic rings. The topological polar surface area (TPSA) is 84.1 Å². The molecule has 0 radical (unpaired) electrons. The van der Waals surface area contributed by atoms with Gasteiger partial charge in [0, 0.05) is 5.56 Å². The molecule has 2 N–H and O–H groups in total. The van der Waals surface area contributed by atoms with Crippen LogP contribution >= 0.6 is 0 Å². The number of halogens is 3. The largest absolute Gasteiger partial charge is 0.534 e. The molecule has 4 atom stereocenters. The van der Waals surface area contributed by atoms with Crippen molar-refractivity contribution in [3.63, 3.8) is 0 Å². The van der Waals surface area contributed by atoms with E-state index in [0.717, 1.165) is 59.6 Å². The predicted molar refractivity (Wildman–Crippen MR) is 129 cm³/mol. The van der Waals surface area contributed by atoms with Crippen molar-refractivity contribution in [1.82, 2.24) is 15.3 Å². The van der Waals surface area contributed by atoms with Crippen LogP contribution in [0.5, 0.6) is 5.75 Å².